The summed E-state index contributed by atoms with van der Waals surface area (Å²) in [6.45, 7) is 4.79. The van der Waals surface area contributed by atoms with E-state index in [0.29, 0.717) is 0 Å². The first kappa shape index (κ1) is 36.7. The molecule has 1 spiro atoms. The van der Waals surface area contributed by atoms with Crippen molar-refractivity contribution in [2.75, 3.05) is 9.80 Å². The number of benzene rings is 10. The highest BCUT2D eigenvalue weighted by Gasteiger charge is 2.52. The molecule has 0 aromatic heterocycles. The van der Waals surface area contributed by atoms with Crippen LogP contribution >= 0.6 is 0 Å². The molecule has 3 aliphatic rings. The molecule has 0 saturated carbocycles. The molecule has 0 unspecified atom stereocenters. The van der Waals surface area contributed by atoms with Crippen molar-refractivity contribution in [1.29, 1.82) is 0 Å². The second kappa shape index (κ2) is 13.8. The summed E-state index contributed by atoms with van der Waals surface area (Å²) < 4.78 is 0. The van der Waals surface area contributed by atoms with E-state index in [1.54, 1.807) is 0 Å². The minimum Gasteiger partial charge on any atom is -0.308 e. The van der Waals surface area contributed by atoms with Crippen molar-refractivity contribution in [1.82, 2.24) is 0 Å². The van der Waals surface area contributed by atoms with Crippen molar-refractivity contribution in [3.05, 3.63) is 264 Å². The zero-order chi connectivity index (χ0) is 42.6. The van der Waals surface area contributed by atoms with Gasteiger partial charge in [0.2, 0.25) is 0 Å². The Bertz CT molecular complexity index is 3430. The summed E-state index contributed by atoms with van der Waals surface area (Å²) in [4.78, 5) is 5.08. The molecule has 10 aromatic carbocycles. The summed E-state index contributed by atoms with van der Waals surface area (Å²) >= 11 is 0. The summed E-state index contributed by atoms with van der Waals surface area (Å²) in [5.74, 6) is 0. The molecule has 0 atom stereocenters. The second-order valence-electron chi connectivity index (χ2n) is 18.0. The van der Waals surface area contributed by atoms with Gasteiger partial charge >= 0.3 is 0 Å². The van der Waals surface area contributed by atoms with Crippen molar-refractivity contribution in [2.45, 2.75) is 24.7 Å². The van der Waals surface area contributed by atoms with Gasteiger partial charge < -0.3 is 9.80 Å². The van der Waals surface area contributed by atoms with Gasteiger partial charge in [-0.05, 0) is 115 Å². The normalized spacial score (nSPS) is 14.3. The fraction of sp³-hybridized carbons (Fsp3) is 0.0645. The van der Waals surface area contributed by atoms with Gasteiger partial charge in [-0.25, -0.2) is 0 Å². The standard InChI is InChI=1S/C62H44N2/c1-61(2)54-33-17-18-34-56(54)64(57-35-19-29-45(59(57)61)41-20-5-3-6-21-41)60-46-25-10-9-22-42(46)36-39-58(60)63(43-23-7-4-8-24-43)44-37-38-50-49-28-13-16-32-53(49)62(55(50)40-44)51-30-14-11-26-47(51)48-27-12-15-31-52(48)62/h3-40H,1-2H3. The highest BCUT2D eigenvalue weighted by molar-refractivity contribution is 6.09. The number of nitrogens with zero attached hydrogens (tertiary/aromatic N) is 2. The van der Waals surface area contributed by atoms with Gasteiger partial charge in [0.05, 0.1) is 28.2 Å². The highest BCUT2D eigenvalue weighted by atomic mass is 15.2. The van der Waals surface area contributed by atoms with Gasteiger partial charge in [-0.3, -0.25) is 0 Å². The number of hydrogen-bond acceptors (Lipinski definition) is 2. The Balaban J connectivity index is 1.12. The van der Waals surface area contributed by atoms with E-state index in [2.05, 4.69) is 254 Å². The van der Waals surface area contributed by atoms with Gasteiger partial charge in [0.15, 0.2) is 0 Å². The molecule has 2 aliphatic carbocycles. The van der Waals surface area contributed by atoms with Crippen LogP contribution < -0.4 is 9.80 Å². The molecule has 0 N–H and O–H groups in total. The average Bonchev–Trinajstić information content (AvgIpc) is 3.82. The van der Waals surface area contributed by atoms with E-state index in [9.17, 15) is 0 Å². The Kier molecular flexibility index (Phi) is 7.90. The zero-order valence-electron chi connectivity index (χ0n) is 35.8. The summed E-state index contributed by atoms with van der Waals surface area (Å²) in [5, 5.41) is 2.38. The fourth-order valence-electron chi connectivity index (χ4n) is 11.8. The maximum Gasteiger partial charge on any atom is 0.0781 e. The number of fused-ring (bicyclic) bond motifs is 13. The van der Waals surface area contributed by atoms with Gasteiger partial charge in [0.1, 0.15) is 0 Å². The van der Waals surface area contributed by atoms with Gasteiger partial charge in [0.25, 0.3) is 0 Å². The van der Waals surface area contributed by atoms with Crippen LogP contribution in [0.3, 0.4) is 0 Å². The van der Waals surface area contributed by atoms with Crippen LogP contribution in [0.1, 0.15) is 47.2 Å². The highest BCUT2D eigenvalue weighted by Crippen LogP contribution is 2.64. The molecule has 0 bridgehead atoms. The van der Waals surface area contributed by atoms with Crippen LogP contribution in [0.2, 0.25) is 0 Å². The lowest BCUT2D eigenvalue weighted by Crippen LogP contribution is -2.32. The van der Waals surface area contributed by atoms with Crippen molar-refractivity contribution in [2.24, 2.45) is 0 Å². The third-order valence-corrected chi connectivity index (χ3v) is 14.4. The lowest BCUT2D eigenvalue weighted by Gasteiger charge is -2.44. The Labute approximate surface area is 375 Å². The molecule has 1 aliphatic heterocycles. The first-order valence-electron chi connectivity index (χ1n) is 22.4. The predicted octanol–water partition coefficient (Wildman–Crippen LogP) is 16.4. The van der Waals surface area contributed by atoms with Crippen LogP contribution in [-0.2, 0) is 10.8 Å². The first-order valence-corrected chi connectivity index (χ1v) is 22.4. The molecule has 2 nitrogen and oxygen atoms in total. The molecule has 0 amide bonds. The smallest absolute Gasteiger partial charge is 0.0781 e. The van der Waals surface area contributed by atoms with Gasteiger partial charge in [-0.15, -0.1) is 0 Å². The van der Waals surface area contributed by atoms with Crippen molar-refractivity contribution >= 4 is 44.9 Å². The SMILES string of the molecule is CC1(C)c2ccccc2N(c2c(N(c3ccccc3)c3ccc4c(c3)C3(c5ccccc5-c5ccccc53)c3ccccc3-4)ccc3ccccc23)c2cccc(-c3ccccc3)c21. The Morgan fingerprint density at radius 3 is 1.59 bits per heavy atom. The number of rotatable bonds is 5. The minimum atomic E-state index is -0.464. The van der Waals surface area contributed by atoms with Crippen LogP contribution in [0.5, 0.6) is 0 Å². The summed E-state index contributed by atoms with van der Waals surface area (Å²) in [5.41, 5.74) is 21.7. The van der Waals surface area contributed by atoms with Crippen LogP contribution in [0, 0.1) is 0 Å². The molecular weight excluding hydrogens is 773 g/mol. The Morgan fingerprint density at radius 2 is 0.906 bits per heavy atom. The van der Waals surface area contributed by atoms with E-state index < -0.39 is 5.41 Å². The number of anilines is 6. The average molecular weight is 817 g/mol. The van der Waals surface area contributed by atoms with E-state index >= 15 is 0 Å². The Hall–Kier alpha value is -7.94. The molecule has 13 rings (SSSR count). The molecule has 0 fully saturated rings. The van der Waals surface area contributed by atoms with Gasteiger partial charge in [-0.1, -0.05) is 202 Å². The second-order valence-corrected chi connectivity index (χ2v) is 18.0. The van der Waals surface area contributed by atoms with Crippen molar-refractivity contribution in [3.63, 3.8) is 0 Å². The molecule has 0 saturated heterocycles. The number of para-hydroxylation sites is 2. The van der Waals surface area contributed by atoms with Crippen LogP contribution in [0.4, 0.5) is 34.1 Å². The largest absolute Gasteiger partial charge is 0.308 e. The van der Waals surface area contributed by atoms with Crippen molar-refractivity contribution < 1.29 is 0 Å². The zero-order valence-corrected chi connectivity index (χ0v) is 35.8. The van der Waals surface area contributed by atoms with Crippen molar-refractivity contribution in [3.8, 4) is 33.4 Å². The lowest BCUT2D eigenvalue weighted by molar-refractivity contribution is 0.634. The monoisotopic (exact) mass is 816 g/mol. The third kappa shape index (κ3) is 4.97. The van der Waals surface area contributed by atoms with E-state index in [-0.39, 0.29) is 5.41 Å². The summed E-state index contributed by atoms with van der Waals surface area (Å²) in [6.07, 6.45) is 0. The lowest BCUT2D eigenvalue weighted by atomic mass is 9.70. The van der Waals surface area contributed by atoms with E-state index in [1.807, 2.05) is 0 Å². The minimum absolute atomic E-state index is 0.282. The topological polar surface area (TPSA) is 6.48 Å². The van der Waals surface area contributed by atoms with E-state index in [1.165, 1.54) is 88.9 Å². The summed E-state index contributed by atoms with van der Waals surface area (Å²) in [6, 6.07) is 85.8. The van der Waals surface area contributed by atoms with Gasteiger partial charge in [0, 0.05) is 22.2 Å². The predicted molar refractivity (Wildman–Crippen MR) is 267 cm³/mol. The Morgan fingerprint density at radius 1 is 0.375 bits per heavy atom. The maximum atomic E-state index is 2.57. The molecule has 2 heteroatoms. The fourth-order valence-corrected chi connectivity index (χ4v) is 11.8. The quantitative estimate of drug-likeness (QED) is 0.171. The van der Waals surface area contributed by atoms with Crippen LogP contribution in [0.25, 0.3) is 44.2 Å². The molecule has 302 valence electrons. The van der Waals surface area contributed by atoms with E-state index in [0.717, 1.165) is 22.7 Å². The van der Waals surface area contributed by atoms with Gasteiger partial charge in [-0.2, -0.15) is 0 Å². The first-order chi connectivity index (χ1) is 31.5. The van der Waals surface area contributed by atoms with Crippen LogP contribution in [0.15, 0.2) is 231 Å². The maximum absolute atomic E-state index is 2.57. The van der Waals surface area contributed by atoms with E-state index in [4.69, 9.17) is 0 Å². The molecular formula is C62H44N2. The third-order valence-electron chi connectivity index (χ3n) is 14.4. The molecule has 10 aromatic rings. The van der Waals surface area contributed by atoms with Crippen LogP contribution in [-0.4, -0.2) is 0 Å². The molecule has 0 radical (unpaired) electrons. The molecule has 64 heavy (non-hydrogen) atoms. The number of hydrogen-bond donors (Lipinski definition) is 0. The molecule has 1 heterocycles. The summed E-state index contributed by atoms with van der Waals surface area (Å²) in [7, 11) is 0.